The molecule has 1 saturated carbocycles. The van der Waals surface area contributed by atoms with Gasteiger partial charge in [0, 0.05) is 37.1 Å². The second-order valence-corrected chi connectivity index (χ2v) is 12.1. The van der Waals surface area contributed by atoms with Crippen LogP contribution in [-0.2, 0) is 19.6 Å². The van der Waals surface area contributed by atoms with Gasteiger partial charge in [0.15, 0.2) is 11.5 Å². The van der Waals surface area contributed by atoms with Crippen molar-refractivity contribution in [3.05, 3.63) is 53.1 Å². The number of benzene rings is 2. The van der Waals surface area contributed by atoms with Crippen LogP contribution in [0.3, 0.4) is 0 Å². The second kappa shape index (κ2) is 12.5. The maximum atomic E-state index is 13.3. The van der Waals surface area contributed by atoms with Crippen molar-refractivity contribution in [1.29, 1.82) is 0 Å². The van der Waals surface area contributed by atoms with Gasteiger partial charge in [-0.2, -0.15) is 4.31 Å². The lowest BCUT2D eigenvalue weighted by molar-refractivity contribution is -0.148. The van der Waals surface area contributed by atoms with E-state index >= 15 is 0 Å². The molecular weight excluding hydrogens is 516 g/mol. The molecule has 8 nitrogen and oxygen atoms in total. The third kappa shape index (κ3) is 6.14. The minimum absolute atomic E-state index is 0.0233. The molecule has 3 unspecified atom stereocenters. The van der Waals surface area contributed by atoms with Crippen molar-refractivity contribution in [3.8, 4) is 11.5 Å². The summed E-state index contributed by atoms with van der Waals surface area (Å²) < 4.78 is 45.3. The van der Waals surface area contributed by atoms with E-state index in [2.05, 4.69) is 0 Å². The molecule has 4 rings (SSSR count). The monoisotopic (exact) mass is 556 g/mol. The average molecular weight is 557 g/mol. The number of sulfonamides is 1. The van der Waals surface area contributed by atoms with Gasteiger partial charge in [0.25, 0.3) is 0 Å². The number of aliphatic imine (C=N–C) groups is 1. The number of ether oxygens (including phenoxy) is 3. The van der Waals surface area contributed by atoms with E-state index in [0.29, 0.717) is 37.6 Å². The highest BCUT2D eigenvalue weighted by Gasteiger charge is 2.39. The molecule has 2 aromatic rings. The van der Waals surface area contributed by atoms with Crippen LogP contribution >= 0.6 is 0 Å². The van der Waals surface area contributed by atoms with Crippen LogP contribution in [0, 0.1) is 0 Å². The van der Waals surface area contributed by atoms with E-state index in [0.717, 1.165) is 48.1 Å². The predicted octanol–water partition coefficient (Wildman–Crippen LogP) is 5.32. The highest BCUT2D eigenvalue weighted by molar-refractivity contribution is 7.89. The third-order valence-corrected chi connectivity index (χ3v) is 9.31. The normalized spacial score (nSPS) is 20.6. The third-order valence-electron chi connectivity index (χ3n) is 7.40. The Labute approximate surface area is 232 Å². The zero-order valence-corrected chi connectivity index (χ0v) is 24.4. The summed E-state index contributed by atoms with van der Waals surface area (Å²) in [5, 5.41) is 0. The van der Waals surface area contributed by atoms with Crippen LogP contribution in [0.25, 0.3) is 0 Å². The number of hydrogen-bond acceptors (Lipinski definition) is 7. The number of esters is 1. The smallest absolute Gasteiger partial charge is 0.302 e. The maximum Gasteiger partial charge on any atom is 0.302 e. The Morgan fingerprint density at radius 3 is 2.31 bits per heavy atom. The molecule has 1 aliphatic carbocycles. The number of hydrogen-bond donors (Lipinski definition) is 0. The van der Waals surface area contributed by atoms with Crippen molar-refractivity contribution in [3.63, 3.8) is 0 Å². The molecule has 0 saturated heterocycles. The molecule has 39 heavy (non-hydrogen) atoms. The fourth-order valence-corrected chi connectivity index (χ4v) is 7.34. The van der Waals surface area contributed by atoms with E-state index in [1.807, 2.05) is 45.0 Å². The standard InChI is InChI=1S/C30H40N2O6S/c1-6-15-32(16-7-2)39(34,35)23-12-9-21(10-13-23)30-26-19-28(36-5)29(37-8-3)18-24(26)25-17-22(38-20(4)33)11-14-27(25)31-30/h9-10,12-13,18-19,22,25,27H,6-8,11,14-17H2,1-5H3. The molecule has 0 aromatic heterocycles. The van der Waals surface area contributed by atoms with Gasteiger partial charge in [0.2, 0.25) is 10.0 Å². The molecule has 2 aliphatic rings. The zero-order chi connectivity index (χ0) is 28.2. The van der Waals surface area contributed by atoms with E-state index < -0.39 is 10.0 Å². The Morgan fingerprint density at radius 1 is 1.03 bits per heavy atom. The molecule has 1 fully saturated rings. The highest BCUT2D eigenvalue weighted by Crippen LogP contribution is 2.45. The van der Waals surface area contributed by atoms with Gasteiger partial charge in [-0.3, -0.25) is 9.79 Å². The fraction of sp³-hybridized carbons (Fsp3) is 0.533. The SMILES string of the molecule is CCCN(CCC)S(=O)(=O)c1ccc(C2=NC3CCC(OC(C)=O)CC3c3cc(OCC)c(OC)cc32)cc1. The van der Waals surface area contributed by atoms with Crippen molar-refractivity contribution >= 4 is 21.7 Å². The summed E-state index contributed by atoms with van der Waals surface area (Å²) in [6, 6.07) is 11.1. The Morgan fingerprint density at radius 2 is 1.72 bits per heavy atom. The van der Waals surface area contributed by atoms with E-state index in [9.17, 15) is 13.2 Å². The Balaban J connectivity index is 1.75. The summed E-state index contributed by atoms with van der Waals surface area (Å²) in [7, 11) is -1.96. The van der Waals surface area contributed by atoms with Crippen LogP contribution in [0.5, 0.6) is 11.5 Å². The van der Waals surface area contributed by atoms with Crippen molar-refractivity contribution < 1.29 is 27.4 Å². The molecule has 212 valence electrons. The van der Waals surface area contributed by atoms with Gasteiger partial charge in [-0.05, 0) is 68.9 Å². The lowest BCUT2D eigenvalue weighted by Gasteiger charge is -2.38. The van der Waals surface area contributed by atoms with Crippen molar-refractivity contribution in [2.24, 2.45) is 4.99 Å². The summed E-state index contributed by atoms with van der Waals surface area (Å²) in [4.78, 5) is 17.1. The van der Waals surface area contributed by atoms with Crippen LogP contribution in [0.2, 0.25) is 0 Å². The first-order valence-corrected chi connectivity index (χ1v) is 15.4. The minimum atomic E-state index is -3.58. The molecule has 0 N–H and O–H groups in total. The van der Waals surface area contributed by atoms with Gasteiger partial charge in [0.05, 0.1) is 30.4 Å². The molecule has 0 bridgehead atoms. The summed E-state index contributed by atoms with van der Waals surface area (Å²) in [6.45, 7) is 8.85. The molecule has 9 heteroatoms. The Kier molecular flexibility index (Phi) is 9.33. The largest absolute Gasteiger partial charge is 0.493 e. The molecule has 3 atom stereocenters. The summed E-state index contributed by atoms with van der Waals surface area (Å²) >= 11 is 0. The zero-order valence-electron chi connectivity index (χ0n) is 23.6. The Bertz CT molecular complexity index is 1300. The summed E-state index contributed by atoms with van der Waals surface area (Å²) in [5.41, 5.74) is 3.66. The molecular formula is C30H40N2O6S. The van der Waals surface area contributed by atoms with Crippen LogP contribution in [0.4, 0.5) is 0 Å². The van der Waals surface area contributed by atoms with Crippen LogP contribution < -0.4 is 9.47 Å². The van der Waals surface area contributed by atoms with E-state index in [1.165, 1.54) is 6.92 Å². The number of carbonyl (C=O) groups is 1. The first-order chi connectivity index (χ1) is 18.7. The summed E-state index contributed by atoms with van der Waals surface area (Å²) in [6.07, 6.45) is 3.60. The topological polar surface area (TPSA) is 94.5 Å². The number of rotatable bonds is 11. The maximum absolute atomic E-state index is 13.3. The van der Waals surface area contributed by atoms with E-state index in [-0.39, 0.29) is 28.9 Å². The molecule has 2 aromatic carbocycles. The van der Waals surface area contributed by atoms with Crippen LogP contribution in [-0.4, -0.2) is 63.4 Å². The average Bonchev–Trinajstić information content (AvgIpc) is 2.92. The number of fused-ring (bicyclic) bond motifs is 3. The lowest BCUT2D eigenvalue weighted by Crippen LogP contribution is -2.36. The molecule has 0 spiro atoms. The van der Waals surface area contributed by atoms with Crippen LogP contribution in [0.15, 0.2) is 46.3 Å². The van der Waals surface area contributed by atoms with Crippen molar-refractivity contribution in [2.45, 2.75) is 82.8 Å². The quantitative estimate of drug-likeness (QED) is 0.348. The number of carbonyl (C=O) groups excluding carboxylic acids is 1. The van der Waals surface area contributed by atoms with Gasteiger partial charge in [-0.15, -0.1) is 0 Å². The Hall–Kier alpha value is -2.91. The molecule has 1 aliphatic heterocycles. The highest BCUT2D eigenvalue weighted by atomic mass is 32.2. The van der Waals surface area contributed by atoms with Gasteiger partial charge in [-0.1, -0.05) is 26.0 Å². The number of nitrogens with zero attached hydrogens (tertiary/aromatic N) is 2. The minimum Gasteiger partial charge on any atom is -0.493 e. The fourth-order valence-electron chi connectivity index (χ4n) is 5.71. The van der Waals surface area contributed by atoms with Crippen molar-refractivity contribution in [1.82, 2.24) is 4.31 Å². The number of methoxy groups -OCH3 is 1. The lowest BCUT2D eigenvalue weighted by atomic mass is 9.74. The van der Waals surface area contributed by atoms with Gasteiger partial charge < -0.3 is 14.2 Å². The molecule has 0 amide bonds. The van der Waals surface area contributed by atoms with E-state index in [1.54, 1.807) is 23.5 Å². The predicted molar refractivity (Wildman–Crippen MR) is 152 cm³/mol. The first kappa shape index (κ1) is 29.1. The first-order valence-electron chi connectivity index (χ1n) is 13.9. The molecule has 1 heterocycles. The molecule has 0 radical (unpaired) electrons. The second-order valence-electron chi connectivity index (χ2n) is 10.1. The van der Waals surface area contributed by atoms with Gasteiger partial charge >= 0.3 is 5.97 Å². The van der Waals surface area contributed by atoms with Gasteiger partial charge in [-0.25, -0.2) is 8.42 Å². The van der Waals surface area contributed by atoms with E-state index in [4.69, 9.17) is 19.2 Å². The van der Waals surface area contributed by atoms with Crippen molar-refractivity contribution in [2.75, 3.05) is 26.8 Å². The van der Waals surface area contributed by atoms with Gasteiger partial charge in [0.1, 0.15) is 6.10 Å². The summed E-state index contributed by atoms with van der Waals surface area (Å²) in [5.74, 6) is 1.09. The van der Waals surface area contributed by atoms with Crippen LogP contribution in [0.1, 0.15) is 82.4 Å².